The first-order valence-corrected chi connectivity index (χ1v) is 11.9. The molecule has 3 fully saturated rings. The summed E-state index contributed by atoms with van der Waals surface area (Å²) in [6.45, 7) is 2.13. The van der Waals surface area contributed by atoms with E-state index in [1.165, 1.54) is 38.4 Å². The molecular formula is C18H35N5O2S. The predicted octanol–water partition coefficient (Wildman–Crippen LogP) is 0.838. The minimum Gasteiger partial charge on any atom is -0.356 e. The van der Waals surface area contributed by atoms with E-state index < -0.39 is 10.0 Å². The first-order valence-electron chi connectivity index (χ1n) is 10.0. The molecule has 3 saturated heterocycles. The molecule has 0 radical (unpaired) electrons. The highest BCUT2D eigenvalue weighted by Gasteiger charge is 2.36. The van der Waals surface area contributed by atoms with Gasteiger partial charge in [-0.15, -0.1) is 0 Å². The van der Waals surface area contributed by atoms with Crippen LogP contribution in [-0.4, -0.2) is 81.7 Å². The number of fused-ring (bicyclic) bond motifs is 2. The average Bonchev–Trinajstić information content (AvgIpc) is 2.59. The molecule has 0 aromatic rings. The van der Waals surface area contributed by atoms with Gasteiger partial charge in [-0.2, -0.15) is 0 Å². The smallest absolute Gasteiger partial charge is 0.211 e. The Balaban J connectivity index is 1.43. The number of piperidine rings is 3. The van der Waals surface area contributed by atoms with Crippen LogP contribution in [0.4, 0.5) is 0 Å². The van der Waals surface area contributed by atoms with Crippen molar-refractivity contribution in [2.24, 2.45) is 10.9 Å². The maximum atomic E-state index is 11.6. The zero-order valence-electron chi connectivity index (χ0n) is 16.4. The van der Waals surface area contributed by atoms with E-state index in [4.69, 9.17) is 0 Å². The molecule has 0 spiro atoms. The Kier molecular flexibility index (Phi) is 6.45. The summed E-state index contributed by atoms with van der Waals surface area (Å²) in [5.74, 6) is 1.39. The van der Waals surface area contributed by atoms with E-state index in [9.17, 15) is 8.42 Å². The lowest BCUT2D eigenvalue weighted by molar-refractivity contribution is 0.0526. The molecule has 2 unspecified atom stereocenters. The Hall–Kier alpha value is -0.860. The molecule has 150 valence electrons. The summed E-state index contributed by atoms with van der Waals surface area (Å²) >= 11 is 0. The molecule has 2 atom stereocenters. The molecule has 0 saturated carbocycles. The van der Waals surface area contributed by atoms with Gasteiger partial charge in [-0.3, -0.25) is 4.99 Å². The Morgan fingerprint density at radius 2 is 1.73 bits per heavy atom. The Morgan fingerprint density at radius 3 is 2.27 bits per heavy atom. The molecule has 3 aliphatic rings. The van der Waals surface area contributed by atoms with Crippen molar-refractivity contribution in [1.29, 1.82) is 0 Å². The van der Waals surface area contributed by atoms with Crippen LogP contribution in [0.3, 0.4) is 0 Å². The fraction of sp³-hybridized carbons (Fsp3) is 0.944. The highest BCUT2D eigenvalue weighted by Crippen LogP contribution is 2.32. The van der Waals surface area contributed by atoms with Gasteiger partial charge in [0.1, 0.15) is 0 Å². The van der Waals surface area contributed by atoms with Crippen molar-refractivity contribution in [3.8, 4) is 0 Å². The molecule has 3 rings (SSSR count). The molecule has 0 aromatic heterocycles. The van der Waals surface area contributed by atoms with Crippen molar-refractivity contribution >= 4 is 16.0 Å². The first kappa shape index (κ1) is 19.9. The van der Waals surface area contributed by atoms with E-state index in [0.29, 0.717) is 37.1 Å². The van der Waals surface area contributed by atoms with Crippen LogP contribution in [-0.2, 0) is 10.0 Å². The third kappa shape index (κ3) is 4.89. The van der Waals surface area contributed by atoms with Gasteiger partial charge < -0.3 is 15.5 Å². The molecule has 2 N–H and O–H groups in total. The van der Waals surface area contributed by atoms with E-state index in [0.717, 1.165) is 25.3 Å². The first-order chi connectivity index (χ1) is 12.4. The standard InChI is InChI=1S/C18H35N5O2S/c1-19-18(20-13-14-7-9-23(10-8-14)26(3,24)25)21-15-11-16-5-4-6-17(12-15)22(16)2/h14-17H,4-13H2,1-3H3,(H2,19,20,21). The Bertz CT molecular complexity index is 587. The highest BCUT2D eigenvalue weighted by atomic mass is 32.2. The summed E-state index contributed by atoms with van der Waals surface area (Å²) < 4.78 is 24.8. The van der Waals surface area contributed by atoms with Gasteiger partial charge in [-0.05, 0) is 51.5 Å². The summed E-state index contributed by atoms with van der Waals surface area (Å²) in [5, 5.41) is 7.11. The minimum absolute atomic E-state index is 0.500. The number of aliphatic imine (C=N–C) groups is 1. The van der Waals surface area contributed by atoms with Gasteiger partial charge in [0.2, 0.25) is 10.0 Å². The van der Waals surface area contributed by atoms with Crippen LogP contribution in [0.5, 0.6) is 0 Å². The van der Waals surface area contributed by atoms with Crippen LogP contribution in [0.1, 0.15) is 44.9 Å². The number of nitrogens with zero attached hydrogens (tertiary/aromatic N) is 3. The van der Waals surface area contributed by atoms with Gasteiger partial charge in [0, 0.05) is 44.8 Å². The van der Waals surface area contributed by atoms with Gasteiger partial charge in [-0.25, -0.2) is 12.7 Å². The molecular weight excluding hydrogens is 350 g/mol. The summed E-state index contributed by atoms with van der Waals surface area (Å²) in [7, 11) is 1.07. The molecule has 0 aromatic carbocycles. The maximum Gasteiger partial charge on any atom is 0.211 e. The van der Waals surface area contributed by atoms with Gasteiger partial charge in [0.25, 0.3) is 0 Å². The van der Waals surface area contributed by atoms with Crippen molar-refractivity contribution in [2.45, 2.75) is 63.1 Å². The van der Waals surface area contributed by atoms with Crippen molar-refractivity contribution < 1.29 is 8.42 Å². The average molecular weight is 386 g/mol. The minimum atomic E-state index is -3.04. The monoisotopic (exact) mass is 385 g/mol. The summed E-state index contributed by atoms with van der Waals surface area (Å²) in [4.78, 5) is 6.99. The number of hydrogen-bond donors (Lipinski definition) is 2. The lowest BCUT2D eigenvalue weighted by Gasteiger charge is -2.47. The van der Waals surface area contributed by atoms with Gasteiger partial charge in [0.15, 0.2) is 5.96 Å². The number of hydrogen-bond acceptors (Lipinski definition) is 4. The van der Waals surface area contributed by atoms with Gasteiger partial charge in [0.05, 0.1) is 6.26 Å². The summed E-state index contributed by atoms with van der Waals surface area (Å²) in [5.41, 5.74) is 0. The van der Waals surface area contributed by atoms with Crippen LogP contribution >= 0.6 is 0 Å². The maximum absolute atomic E-state index is 11.6. The molecule has 0 aliphatic carbocycles. The second kappa shape index (κ2) is 8.44. The lowest BCUT2D eigenvalue weighted by Crippen LogP contribution is -2.57. The van der Waals surface area contributed by atoms with Crippen molar-refractivity contribution in [1.82, 2.24) is 19.8 Å². The van der Waals surface area contributed by atoms with Crippen molar-refractivity contribution in [3.05, 3.63) is 0 Å². The van der Waals surface area contributed by atoms with Crippen molar-refractivity contribution in [3.63, 3.8) is 0 Å². The summed E-state index contributed by atoms with van der Waals surface area (Å²) in [6.07, 6.45) is 9.51. The zero-order valence-corrected chi connectivity index (χ0v) is 17.3. The molecule has 0 amide bonds. The molecule has 3 aliphatic heterocycles. The number of guanidine groups is 1. The zero-order chi connectivity index (χ0) is 18.7. The van der Waals surface area contributed by atoms with Crippen molar-refractivity contribution in [2.75, 3.05) is 40.0 Å². The SMILES string of the molecule is CN=C(NCC1CCN(S(C)(=O)=O)CC1)NC1CC2CCCC(C1)N2C. The second-order valence-electron chi connectivity index (χ2n) is 8.28. The topological polar surface area (TPSA) is 77.0 Å². The Morgan fingerprint density at radius 1 is 1.12 bits per heavy atom. The third-order valence-electron chi connectivity index (χ3n) is 6.50. The fourth-order valence-electron chi connectivity index (χ4n) is 4.81. The Labute approximate surface area is 158 Å². The van der Waals surface area contributed by atoms with Crippen LogP contribution in [0, 0.1) is 5.92 Å². The third-order valence-corrected chi connectivity index (χ3v) is 7.81. The number of rotatable bonds is 4. The normalized spacial score (nSPS) is 32.4. The van der Waals surface area contributed by atoms with E-state index in [1.54, 1.807) is 4.31 Å². The van der Waals surface area contributed by atoms with Gasteiger partial charge in [-0.1, -0.05) is 6.42 Å². The summed E-state index contributed by atoms with van der Waals surface area (Å²) in [6, 6.07) is 1.91. The van der Waals surface area contributed by atoms with E-state index >= 15 is 0 Å². The number of nitrogens with one attached hydrogen (secondary N) is 2. The largest absolute Gasteiger partial charge is 0.356 e. The lowest BCUT2D eigenvalue weighted by atomic mass is 9.82. The van der Waals surface area contributed by atoms with E-state index in [1.807, 2.05) is 7.05 Å². The predicted molar refractivity (Wildman–Crippen MR) is 106 cm³/mol. The van der Waals surface area contributed by atoms with Crippen LogP contribution in [0.15, 0.2) is 4.99 Å². The molecule has 3 heterocycles. The van der Waals surface area contributed by atoms with E-state index in [-0.39, 0.29) is 0 Å². The molecule has 26 heavy (non-hydrogen) atoms. The quantitative estimate of drug-likeness (QED) is 0.554. The van der Waals surface area contributed by atoms with Crippen LogP contribution < -0.4 is 10.6 Å². The van der Waals surface area contributed by atoms with E-state index in [2.05, 4.69) is 27.6 Å². The highest BCUT2D eigenvalue weighted by molar-refractivity contribution is 7.88. The molecule has 2 bridgehead atoms. The van der Waals surface area contributed by atoms with Crippen LogP contribution in [0.2, 0.25) is 0 Å². The molecule has 8 heteroatoms. The van der Waals surface area contributed by atoms with Crippen LogP contribution in [0.25, 0.3) is 0 Å². The second-order valence-corrected chi connectivity index (χ2v) is 10.3. The molecule has 7 nitrogen and oxygen atoms in total. The fourth-order valence-corrected chi connectivity index (χ4v) is 5.68. The number of sulfonamides is 1. The van der Waals surface area contributed by atoms with Gasteiger partial charge >= 0.3 is 0 Å².